The number of nitrogens with one attached hydrogen (secondary N) is 1. The Balaban J connectivity index is 1.49. The van der Waals surface area contributed by atoms with Crippen LogP contribution in [0.1, 0.15) is 33.6 Å². The van der Waals surface area contributed by atoms with Gasteiger partial charge < -0.3 is 10.2 Å². The fourth-order valence-corrected chi connectivity index (χ4v) is 4.85. The number of para-hydroxylation sites is 1. The lowest BCUT2D eigenvalue weighted by molar-refractivity contribution is -0.112. The van der Waals surface area contributed by atoms with E-state index in [1.165, 1.54) is 11.0 Å². The predicted octanol–water partition coefficient (Wildman–Crippen LogP) is 6.85. The van der Waals surface area contributed by atoms with Crippen molar-refractivity contribution < 1.29 is 18.4 Å². The van der Waals surface area contributed by atoms with E-state index in [1.54, 1.807) is 65.5 Å². The van der Waals surface area contributed by atoms with Gasteiger partial charge in [-0.15, -0.1) is 0 Å². The van der Waals surface area contributed by atoms with Crippen molar-refractivity contribution in [3.63, 3.8) is 0 Å². The zero-order chi connectivity index (χ0) is 27.7. The minimum absolute atomic E-state index is 0.104. The zero-order valence-corrected chi connectivity index (χ0v) is 22.0. The van der Waals surface area contributed by atoms with Crippen LogP contribution in [0, 0.1) is 13.8 Å². The Morgan fingerprint density at radius 3 is 2.54 bits per heavy atom. The average Bonchev–Trinajstić information content (AvgIpc) is 3.29. The van der Waals surface area contributed by atoms with Gasteiger partial charge in [0.1, 0.15) is 0 Å². The molecule has 0 unspecified atom stereocenters. The number of hydrogen-bond acceptors (Lipinski definition) is 3. The molecular weight excluding hydrogens is 522 g/mol. The summed E-state index contributed by atoms with van der Waals surface area (Å²) in [6.45, 7) is 3.46. The lowest BCUT2D eigenvalue weighted by atomic mass is 9.97. The van der Waals surface area contributed by atoms with Crippen LogP contribution in [-0.4, -0.2) is 34.1 Å². The lowest BCUT2D eigenvalue weighted by Gasteiger charge is -2.23. The summed E-state index contributed by atoms with van der Waals surface area (Å²) in [5.74, 6) is -4.56. The standard InChI is InChI=1S/C30H25ClF2N4O2/c1-19-6-5-7-21(16-19)34-28(38)18-25-23-8-3-4-9-27(23)36(15-13-30(25,32)33)29(39)24-11-10-22(17-26(24)31)37-14-12-20(2)35-37/h3-12,14,16-18H,13,15H2,1-2H3,(H,34,38). The van der Waals surface area contributed by atoms with Gasteiger partial charge in [-0.2, -0.15) is 5.10 Å². The number of halogens is 3. The van der Waals surface area contributed by atoms with E-state index in [0.717, 1.165) is 17.3 Å². The molecule has 4 aromatic rings. The van der Waals surface area contributed by atoms with E-state index in [1.807, 2.05) is 26.0 Å². The van der Waals surface area contributed by atoms with Gasteiger partial charge in [0, 0.05) is 42.1 Å². The number of fused-ring (bicyclic) bond motifs is 1. The molecule has 198 valence electrons. The lowest BCUT2D eigenvalue weighted by Crippen LogP contribution is -2.33. The Morgan fingerprint density at radius 1 is 1.03 bits per heavy atom. The van der Waals surface area contributed by atoms with Crippen LogP contribution in [0.15, 0.2) is 85.1 Å². The van der Waals surface area contributed by atoms with Crippen LogP contribution in [0.4, 0.5) is 20.2 Å². The number of aromatic nitrogens is 2. The molecule has 39 heavy (non-hydrogen) atoms. The highest BCUT2D eigenvalue weighted by Crippen LogP contribution is 2.43. The van der Waals surface area contributed by atoms with Crippen molar-refractivity contribution in [3.05, 3.63) is 112 Å². The van der Waals surface area contributed by atoms with Gasteiger partial charge in [0.25, 0.3) is 11.8 Å². The number of carbonyl (C=O) groups is 2. The zero-order valence-electron chi connectivity index (χ0n) is 21.3. The molecule has 2 amide bonds. The maximum Gasteiger partial charge on any atom is 0.275 e. The number of hydrogen-bond donors (Lipinski definition) is 1. The van der Waals surface area contributed by atoms with Crippen molar-refractivity contribution in [2.24, 2.45) is 0 Å². The van der Waals surface area contributed by atoms with Crippen molar-refractivity contribution in [2.75, 3.05) is 16.8 Å². The van der Waals surface area contributed by atoms with Crippen LogP contribution in [0.25, 0.3) is 11.3 Å². The van der Waals surface area contributed by atoms with E-state index >= 15 is 8.78 Å². The van der Waals surface area contributed by atoms with Gasteiger partial charge in [0.2, 0.25) is 5.91 Å². The van der Waals surface area contributed by atoms with Gasteiger partial charge >= 0.3 is 0 Å². The van der Waals surface area contributed by atoms with Crippen LogP contribution in [-0.2, 0) is 4.79 Å². The summed E-state index contributed by atoms with van der Waals surface area (Å²) < 4.78 is 32.7. The highest BCUT2D eigenvalue weighted by Gasteiger charge is 2.41. The molecule has 1 aromatic heterocycles. The number of alkyl halides is 2. The number of amides is 2. The Hall–Kier alpha value is -4.30. The molecule has 0 bridgehead atoms. The summed E-state index contributed by atoms with van der Waals surface area (Å²) in [6, 6.07) is 20.1. The van der Waals surface area contributed by atoms with E-state index in [4.69, 9.17) is 11.6 Å². The molecule has 2 heterocycles. The number of allylic oxidation sites excluding steroid dienone is 1. The van der Waals surface area contributed by atoms with Gasteiger partial charge in [-0.1, -0.05) is 41.9 Å². The Labute approximate surface area is 229 Å². The summed E-state index contributed by atoms with van der Waals surface area (Å²) >= 11 is 6.51. The second kappa shape index (κ2) is 10.5. The fraction of sp³-hybridized carbons (Fsp3) is 0.167. The van der Waals surface area contributed by atoms with E-state index in [0.29, 0.717) is 11.4 Å². The summed E-state index contributed by atoms with van der Waals surface area (Å²) in [4.78, 5) is 27.8. The van der Waals surface area contributed by atoms with Crippen LogP contribution < -0.4 is 10.2 Å². The van der Waals surface area contributed by atoms with Crippen molar-refractivity contribution in [1.82, 2.24) is 9.78 Å². The third-order valence-electron chi connectivity index (χ3n) is 6.50. The van der Waals surface area contributed by atoms with Crippen molar-refractivity contribution in [2.45, 2.75) is 26.2 Å². The molecule has 0 spiro atoms. The Morgan fingerprint density at radius 2 is 1.82 bits per heavy atom. The number of rotatable bonds is 4. The first-order valence-electron chi connectivity index (χ1n) is 12.3. The molecule has 5 rings (SSSR count). The molecule has 0 aliphatic carbocycles. The van der Waals surface area contributed by atoms with E-state index in [-0.39, 0.29) is 28.4 Å². The molecule has 0 saturated carbocycles. The monoisotopic (exact) mass is 546 g/mol. The van der Waals surface area contributed by atoms with Crippen LogP contribution in [0.5, 0.6) is 0 Å². The third kappa shape index (κ3) is 5.47. The maximum absolute atomic E-state index is 15.5. The molecule has 1 aliphatic heterocycles. The van der Waals surface area contributed by atoms with E-state index < -0.39 is 29.7 Å². The number of benzene rings is 3. The van der Waals surface area contributed by atoms with Gasteiger partial charge in [-0.3, -0.25) is 9.59 Å². The minimum Gasteiger partial charge on any atom is -0.322 e. The Kier molecular flexibility index (Phi) is 7.06. The van der Waals surface area contributed by atoms with E-state index in [2.05, 4.69) is 10.4 Å². The van der Waals surface area contributed by atoms with Crippen molar-refractivity contribution >= 4 is 40.4 Å². The predicted molar refractivity (Wildman–Crippen MR) is 149 cm³/mol. The van der Waals surface area contributed by atoms with Crippen LogP contribution >= 0.6 is 11.6 Å². The van der Waals surface area contributed by atoms with Crippen molar-refractivity contribution in [1.29, 1.82) is 0 Å². The molecule has 0 atom stereocenters. The highest BCUT2D eigenvalue weighted by molar-refractivity contribution is 6.34. The Bertz CT molecular complexity index is 1610. The number of nitrogens with zero attached hydrogens (tertiary/aromatic N) is 3. The van der Waals surface area contributed by atoms with Gasteiger partial charge in [-0.25, -0.2) is 13.5 Å². The first-order chi connectivity index (χ1) is 18.6. The molecule has 1 aliphatic rings. The summed E-state index contributed by atoms with van der Waals surface area (Å²) in [7, 11) is 0. The normalized spacial score (nSPS) is 15.5. The van der Waals surface area contributed by atoms with Gasteiger partial charge in [0.05, 0.1) is 27.7 Å². The summed E-state index contributed by atoms with van der Waals surface area (Å²) in [5.41, 5.74) is 3.02. The smallest absolute Gasteiger partial charge is 0.275 e. The minimum atomic E-state index is -3.36. The number of carbonyl (C=O) groups excluding carboxylic acids is 2. The SMILES string of the molecule is Cc1cccc(NC(=O)C=C2c3ccccc3N(C(=O)c3ccc(-n4ccc(C)n4)cc3Cl)CCC2(F)F)c1. The van der Waals surface area contributed by atoms with Gasteiger partial charge in [0.15, 0.2) is 0 Å². The maximum atomic E-state index is 15.5. The summed E-state index contributed by atoms with van der Waals surface area (Å²) in [5, 5.41) is 7.17. The molecule has 0 saturated heterocycles. The largest absolute Gasteiger partial charge is 0.322 e. The molecule has 0 radical (unpaired) electrons. The quantitative estimate of drug-likeness (QED) is 0.285. The van der Waals surface area contributed by atoms with Crippen molar-refractivity contribution in [3.8, 4) is 5.69 Å². The first kappa shape index (κ1) is 26.3. The number of anilines is 2. The molecule has 9 heteroatoms. The highest BCUT2D eigenvalue weighted by atomic mass is 35.5. The molecule has 3 aromatic carbocycles. The van der Waals surface area contributed by atoms with Gasteiger partial charge in [-0.05, 0) is 61.9 Å². The van der Waals surface area contributed by atoms with Crippen LogP contribution in [0.3, 0.4) is 0 Å². The fourth-order valence-electron chi connectivity index (χ4n) is 4.59. The van der Waals surface area contributed by atoms with E-state index in [9.17, 15) is 9.59 Å². The molecular formula is C30H25ClF2N4O2. The molecule has 1 N–H and O–H groups in total. The molecule has 6 nitrogen and oxygen atoms in total. The summed E-state index contributed by atoms with van der Waals surface area (Å²) in [6.07, 6.45) is 2.03. The third-order valence-corrected chi connectivity index (χ3v) is 6.82. The topological polar surface area (TPSA) is 67.2 Å². The first-order valence-corrected chi connectivity index (χ1v) is 12.7. The second-order valence-electron chi connectivity index (χ2n) is 9.41. The number of aryl methyl sites for hydroxylation is 2. The van der Waals surface area contributed by atoms with Crippen LogP contribution in [0.2, 0.25) is 5.02 Å². The molecule has 0 fully saturated rings. The second-order valence-corrected chi connectivity index (χ2v) is 9.82. The average molecular weight is 547 g/mol.